The van der Waals surface area contributed by atoms with Crippen molar-refractivity contribution in [3.05, 3.63) is 69.5 Å². The number of nitrogens with one attached hydrogen (secondary N) is 1. The molecule has 0 radical (unpaired) electrons. The lowest BCUT2D eigenvalue weighted by atomic mass is 10.1. The molecule has 1 amide bonds. The van der Waals surface area contributed by atoms with E-state index in [1.54, 1.807) is 31.2 Å². The highest BCUT2D eigenvalue weighted by Gasteiger charge is 2.11. The second-order valence-corrected chi connectivity index (χ2v) is 6.05. The molecule has 0 aliphatic heterocycles. The zero-order chi connectivity index (χ0) is 19.6. The van der Waals surface area contributed by atoms with Crippen LogP contribution >= 0.6 is 0 Å². The van der Waals surface area contributed by atoms with Crippen LogP contribution in [-0.4, -0.2) is 26.1 Å². The number of imidazole rings is 1. The van der Waals surface area contributed by atoms with E-state index in [2.05, 4.69) is 20.1 Å². The lowest BCUT2D eigenvalue weighted by Gasteiger charge is -2.04. The summed E-state index contributed by atoms with van der Waals surface area (Å²) in [6.07, 6.45) is 0. The van der Waals surface area contributed by atoms with Crippen LogP contribution < -0.4 is 5.43 Å². The normalized spacial score (nSPS) is 11.6. The number of aromatic nitrogens is 2. The van der Waals surface area contributed by atoms with Crippen LogP contribution in [0.5, 0.6) is 0 Å². The molecule has 3 aromatic rings. The lowest BCUT2D eigenvalue weighted by molar-refractivity contribution is -0.384. The van der Waals surface area contributed by atoms with Crippen LogP contribution in [0.15, 0.2) is 47.6 Å². The second kappa shape index (κ2) is 7.36. The summed E-state index contributed by atoms with van der Waals surface area (Å²) in [6, 6.07) is 11.3. The first-order chi connectivity index (χ1) is 12.9. The van der Waals surface area contributed by atoms with Crippen molar-refractivity contribution in [1.82, 2.24) is 15.0 Å². The third kappa shape index (κ3) is 3.69. The molecule has 0 saturated heterocycles. The van der Waals surface area contributed by atoms with Crippen LogP contribution in [0.3, 0.4) is 0 Å². The largest absolute Gasteiger partial charge is 0.329 e. The van der Waals surface area contributed by atoms with Gasteiger partial charge in [-0.05, 0) is 56.7 Å². The van der Waals surface area contributed by atoms with Crippen LogP contribution in [0.25, 0.3) is 11.0 Å². The molecule has 1 N–H and O–H groups in total. The number of fused-ring (bicyclic) bond motifs is 1. The molecular weight excluding hydrogens is 346 g/mol. The molecule has 2 aromatic carbocycles. The van der Waals surface area contributed by atoms with Gasteiger partial charge in [-0.15, -0.1) is 0 Å². The van der Waals surface area contributed by atoms with Crippen LogP contribution in [-0.2, 0) is 6.54 Å². The van der Waals surface area contributed by atoms with Gasteiger partial charge >= 0.3 is 0 Å². The summed E-state index contributed by atoms with van der Waals surface area (Å²) in [5.74, 6) is 0.555. The Morgan fingerprint density at radius 1 is 1.22 bits per heavy atom. The average molecular weight is 365 g/mol. The fourth-order valence-corrected chi connectivity index (χ4v) is 2.88. The summed E-state index contributed by atoms with van der Waals surface area (Å²) in [7, 11) is 0. The second-order valence-electron chi connectivity index (χ2n) is 6.05. The fraction of sp³-hybridized carbons (Fsp3) is 0.211. The Kier molecular flexibility index (Phi) is 4.98. The first-order valence-electron chi connectivity index (χ1n) is 8.47. The van der Waals surface area contributed by atoms with Gasteiger partial charge < -0.3 is 4.57 Å². The van der Waals surface area contributed by atoms with Crippen LogP contribution in [0.2, 0.25) is 0 Å². The first-order valence-corrected chi connectivity index (χ1v) is 8.47. The first kappa shape index (κ1) is 18.2. The lowest BCUT2D eigenvalue weighted by Crippen LogP contribution is -2.19. The number of hydrogen-bond acceptors (Lipinski definition) is 5. The van der Waals surface area contributed by atoms with Gasteiger partial charge in [-0.2, -0.15) is 5.10 Å². The van der Waals surface area contributed by atoms with Gasteiger partial charge in [-0.1, -0.05) is 0 Å². The van der Waals surface area contributed by atoms with Crippen molar-refractivity contribution in [3.8, 4) is 0 Å². The van der Waals surface area contributed by atoms with Crippen molar-refractivity contribution in [2.45, 2.75) is 27.3 Å². The molecule has 0 bridgehead atoms. The fourth-order valence-electron chi connectivity index (χ4n) is 2.88. The Morgan fingerprint density at radius 2 is 1.89 bits per heavy atom. The Bertz CT molecular complexity index is 1050. The van der Waals surface area contributed by atoms with Gasteiger partial charge in [-0.25, -0.2) is 10.4 Å². The average Bonchev–Trinajstić information content (AvgIpc) is 2.99. The van der Waals surface area contributed by atoms with E-state index in [1.165, 1.54) is 12.1 Å². The van der Waals surface area contributed by atoms with Gasteiger partial charge in [0, 0.05) is 24.2 Å². The number of hydrogen-bond donors (Lipinski definition) is 1. The van der Waals surface area contributed by atoms with E-state index < -0.39 is 4.92 Å². The molecule has 0 aliphatic rings. The molecule has 3 rings (SSSR count). The molecule has 8 nitrogen and oxygen atoms in total. The van der Waals surface area contributed by atoms with Gasteiger partial charge in [-0.3, -0.25) is 14.9 Å². The molecular formula is C19H19N5O3. The summed E-state index contributed by atoms with van der Waals surface area (Å²) in [6.45, 7) is 6.51. The minimum atomic E-state index is -0.463. The minimum Gasteiger partial charge on any atom is -0.329 e. The number of benzene rings is 2. The van der Waals surface area contributed by atoms with Gasteiger partial charge in [0.15, 0.2) is 0 Å². The number of carbonyl (C=O) groups is 1. The zero-order valence-corrected chi connectivity index (χ0v) is 15.3. The van der Waals surface area contributed by atoms with Crippen LogP contribution in [0.4, 0.5) is 5.69 Å². The van der Waals surface area contributed by atoms with E-state index in [0.717, 1.165) is 23.4 Å². The molecule has 0 saturated carbocycles. The van der Waals surface area contributed by atoms with Gasteiger partial charge in [0.1, 0.15) is 5.82 Å². The summed E-state index contributed by atoms with van der Waals surface area (Å²) < 4.78 is 2.08. The van der Waals surface area contributed by atoms with Crippen molar-refractivity contribution >= 4 is 28.3 Å². The summed E-state index contributed by atoms with van der Waals surface area (Å²) in [5.41, 5.74) is 5.96. The molecule has 0 spiro atoms. The van der Waals surface area contributed by atoms with E-state index in [1.807, 2.05) is 19.9 Å². The SMILES string of the molecule is CCn1c(C)nc2cc(C(=O)NN=C(C)c3ccc([N+](=O)[O-])cc3)ccc21. The Morgan fingerprint density at radius 3 is 2.52 bits per heavy atom. The van der Waals surface area contributed by atoms with Gasteiger partial charge in [0.05, 0.1) is 21.7 Å². The maximum atomic E-state index is 12.4. The number of nitro benzene ring substituents is 1. The van der Waals surface area contributed by atoms with E-state index in [-0.39, 0.29) is 11.6 Å². The molecule has 0 aliphatic carbocycles. The third-order valence-corrected chi connectivity index (χ3v) is 4.34. The number of aryl methyl sites for hydroxylation is 2. The van der Waals surface area contributed by atoms with Gasteiger partial charge in [0.25, 0.3) is 11.6 Å². The van der Waals surface area contributed by atoms with Crippen LogP contribution in [0.1, 0.15) is 35.6 Å². The van der Waals surface area contributed by atoms with Crippen molar-refractivity contribution < 1.29 is 9.72 Å². The number of rotatable bonds is 5. The van der Waals surface area contributed by atoms with Crippen molar-refractivity contribution in [2.24, 2.45) is 5.10 Å². The summed E-state index contributed by atoms with van der Waals surface area (Å²) in [5, 5.41) is 14.8. The molecule has 1 aromatic heterocycles. The topological polar surface area (TPSA) is 102 Å². The molecule has 0 atom stereocenters. The van der Waals surface area contributed by atoms with Crippen molar-refractivity contribution in [2.75, 3.05) is 0 Å². The number of non-ortho nitro benzene ring substituents is 1. The predicted molar refractivity (Wildman–Crippen MR) is 103 cm³/mol. The van der Waals surface area contributed by atoms with E-state index in [9.17, 15) is 14.9 Å². The van der Waals surface area contributed by atoms with Crippen LogP contribution in [0, 0.1) is 17.0 Å². The Balaban J connectivity index is 1.77. The molecule has 8 heteroatoms. The number of carbonyl (C=O) groups excluding carboxylic acids is 1. The number of nitro groups is 1. The standard InChI is InChI=1S/C19H19N5O3/c1-4-23-13(3)20-17-11-15(7-10-18(17)23)19(25)22-21-12(2)14-5-8-16(9-6-14)24(26)27/h5-11H,4H2,1-3H3,(H,22,25). The monoisotopic (exact) mass is 365 g/mol. The Hall–Kier alpha value is -3.55. The van der Waals surface area contributed by atoms with Crippen molar-refractivity contribution in [3.63, 3.8) is 0 Å². The zero-order valence-electron chi connectivity index (χ0n) is 15.3. The summed E-state index contributed by atoms with van der Waals surface area (Å²) >= 11 is 0. The highest BCUT2D eigenvalue weighted by Crippen LogP contribution is 2.18. The van der Waals surface area contributed by atoms with Crippen molar-refractivity contribution in [1.29, 1.82) is 0 Å². The highest BCUT2D eigenvalue weighted by molar-refractivity contribution is 6.01. The molecule has 27 heavy (non-hydrogen) atoms. The van der Waals surface area contributed by atoms with Gasteiger partial charge in [0.2, 0.25) is 0 Å². The quantitative estimate of drug-likeness (QED) is 0.425. The molecule has 0 unspecified atom stereocenters. The highest BCUT2D eigenvalue weighted by atomic mass is 16.6. The molecule has 138 valence electrons. The summed E-state index contributed by atoms with van der Waals surface area (Å²) in [4.78, 5) is 27.1. The smallest absolute Gasteiger partial charge is 0.271 e. The Labute approximate surface area is 155 Å². The maximum absolute atomic E-state index is 12.4. The molecule has 0 fully saturated rings. The minimum absolute atomic E-state index is 0.00528. The van der Waals surface area contributed by atoms with E-state index in [4.69, 9.17) is 0 Å². The predicted octanol–water partition coefficient (Wildman–Crippen LogP) is 3.43. The maximum Gasteiger partial charge on any atom is 0.271 e. The molecule has 1 heterocycles. The number of hydrazone groups is 1. The van der Waals surface area contributed by atoms with E-state index >= 15 is 0 Å². The third-order valence-electron chi connectivity index (χ3n) is 4.34. The number of amides is 1. The number of nitrogens with zero attached hydrogens (tertiary/aromatic N) is 4. The van der Waals surface area contributed by atoms with E-state index in [0.29, 0.717) is 16.8 Å².